The molecule has 45 heavy (non-hydrogen) atoms. The van der Waals surface area contributed by atoms with Crippen LogP contribution in [0.2, 0.25) is 10.0 Å². The van der Waals surface area contributed by atoms with Crippen molar-refractivity contribution in [3.8, 4) is 0 Å². The number of carbonyl (C=O) groups excluding carboxylic acids is 1. The zero-order valence-corrected chi connectivity index (χ0v) is 28.5. The average molecular weight is 673 g/mol. The third-order valence-electron chi connectivity index (χ3n) is 9.61. The molecule has 1 aliphatic heterocycles. The monoisotopic (exact) mass is 671 g/mol. The Balaban J connectivity index is 1.16. The minimum atomic E-state index is -3.98. The summed E-state index contributed by atoms with van der Waals surface area (Å²) in [6.07, 6.45) is 5.88. The highest BCUT2D eigenvalue weighted by Crippen LogP contribution is 2.44. The molecule has 1 N–H and O–H groups in total. The van der Waals surface area contributed by atoms with E-state index in [1.165, 1.54) is 28.1 Å². The van der Waals surface area contributed by atoms with Crippen LogP contribution in [0.3, 0.4) is 0 Å². The maximum atomic E-state index is 13.9. The van der Waals surface area contributed by atoms with Gasteiger partial charge in [0.1, 0.15) is 6.10 Å². The van der Waals surface area contributed by atoms with Crippen LogP contribution in [-0.2, 0) is 31.5 Å². The summed E-state index contributed by atoms with van der Waals surface area (Å²) >= 11 is 12.3. The predicted octanol–water partition coefficient (Wildman–Crippen LogP) is 7.06. The highest BCUT2D eigenvalue weighted by Gasteiger charge is 2.39. The number of carbonyl (C=O) groups is 1. The maximum absolute atomic E-state index is 13.9. The number of anilines is 1. The van der Waals surface area contributed by atoms with Crippen LogP contribution in [0.15, 0.2) is 77.7 Å². The van der Waals surface area contributed by atoms with E-state index in [9.17, 15) is 13.2 Å². The fraction of sp³-hybridized carbons (Fsp3) is 0.457. The standard InChI is InChI=1S/C35H43Cl2N3O4S/c1-25(34(41)38-22-19-26-17-20-35(21-18-26,39(2)3)28-10-5-4-6-11-28)44-24-29-14-13-27-9-7-8-12-33(27)40(29)45(42,43)30-15-16-31(36)32(37)23-30/h4-12,15-16,23,25-26,29H,13-14,17-22,24H2,1-3H3,(H,38,41). The van der Waals surface area contributed by atoms with Crippen molar-refractivity contribution < 1.29 is 17.9 Å². The maximum Gasteiger partial charge on any atom is 0.264 e. The Morgan fingerprint density at radius 1 is 1.00 bits per heavy atom. The molecule has 0 bridgehead atoms. The molecule has 1 heterocycles. The van der Waals surface area contributed by atoms with Crippen LogP contribution in [0.25, 0.3) is 0 Å². The summed E-state index contributed by atoms with van der Waals surface area (Å²) in [5.41, 5.74) is 2.98. The summed E-state index contributed by atoms with van der Waals surface area (Å²) in [5.74, 6) is 0.369. The van der Waals surface area contributed by atoms with Crippen molar-refractivity contribution in [2.24, 2.45) is 5.92 Å². The zero-order chi connectivity index (χ0) is 32.2. The van der Waals surface area contributed by atoms with Gasteiger partial charge < -0.3 is 10.1 Å². The predicted molar refractivity (Wildman–Crippen MR) is 181 cm³/mol. The summed E-state index contributed by atoms with van der Waals surface area (Å²) in [6, 6.07) is 22.1. The van der Waals surface area contributed by atoms with E-state index >= 15 is 0 Å². The van der Waals surface area contributed by atoms with Crippen LogP contribution in [0.1, 0.15) is 56.6 Å². The second kappa shape index (κ2) is 14.4. The summed E-state index contributed by atoms with van der Waals surface area (Å²) in [6.45, 7) is 2.39. The lowest BCUT2D eigenvalue weighted by Gasteiger charge is -2.45. The number of fused-ring (bicyclic) bond motifs is 1. The molecule has 3 aromatic carbocycles. The Hall–Kier alpha value is -2.62. The lowest BCUT2D eigenvalue weighted by atomic mass is 9.71. The highest BCUT2D eigenvalue weighted by molar-refractivity contribution is 7.92. The highest BCUT2D eigenvalue weighted by atomic mass is 35.5. The molecule has 3 aromatic rings. The van der Waals surface area contributed by atoms with Gasteiger partial charge in [0, 0.05) is 12.1 Å². The molecule has 0 radical (unpaired) electrons. The zero-order valence-electron chi connectivity index (χ0n) is 26.2. The SMILES string of the molecule is CC(OCC1CCc2ccccc2N1S(=O)(=O)c1ccc(Cl)c(Cl)c1)C(=O)NCCC1CCC(c2ccccc2)(N(C)C)CC1. The van der Waals surface area contributed by atoms with Gasteiger partial charge in [-0.1, -0.05) is 71.7 Å². The van der Waals surface area contributed by atoms with E-state index in [0.717, 1.165) is 37.7 Å². The topological polar surface area (TPSA) is 78.9 Å². The van der Waals surface area contributed by atoms with Crippen molar-refractivity contribution in [1.82, 2.24) is 10.2 Å². The molecular formula is C35H43Cl2N3O4S. The van der Waals surface area contributed by atoms with Crippen molar-refractivity contribution >= 4 is 44.8 Å². The molecule has 7 nitrogen and oxygen atoms in total. The van der Waals surface area contributed by atoms with E-state index in [2.05, 4.69) is 54.6 Å². The van der Waals surface area contributed by atoms with Gasteiger partial charge in [0.15, 0.2) is 0 Å². The second-order valence-electron chi connectivity index (χ2n) is 12.5. The van der Waals surface area contributed by atoms with E-state index in [4.69, 9.17) is 27.9 Å². The molecule has 2 unspecified atom stereocenters. The lowest BCUT2D eigenvalue weighted by molar-refractivity contribution is -0.132. The van der Waals surface area contributed by atoms with Crippen LogP contribution in [0.5, 0.6) is 0 Å². The second-order valence-corrected chi connectivity index (χ2v) is 15.1. The van der Waals surface area contributed by atoms with Gasteiger partial charge in [-0.15, -0.1) is 0 Å². The van der Waals surface area contributed by atoms with Crippen LogP contribution in [0, 0.1) is 5.92 Å². The number of hydrogen-bond donors (Lipinski definition) is 1. The Morgan fingerprint density at radius 2 is 1.69 bits per heavy atom. The van der Waals surface area contributed by atoms with Gasteiger partial charge in [-0.25, -0.2) is 8.42 Å². The first-order chi connectivity index (χ1) is 21.5. The molecule has 2 aliphatic rings. The third kappa shape index (κ3) is 7.36. The molecule has 242 valence electrons. The minimum absolute atomic E-state index is 0.0544. The smallest absolute Gasteiger partial charge is 0.264 e. The fourth-order valence-electron chi connectivity index (χ4n) is 6.86. The third-order valence-corrected chi connectivity index (χ3v) is 12.2. The van der Waals surface area contributed by atoms with Crippen LogP contribution in [-0.4, -0.2) is 58.6 Å². The molecule has 5 rings (SSSR count). The molecule has 1 saturated carbocycles. The van der Waals surface area contributed by atoms with E-state index in [-0.39, 0.29) is 33.0 Å². The van der Waals surface area contributed by atoms with Crippen LogP contribution < -0.4 is 9.62 Å². The number of nitrogens with zero attached hydrogens (tertiary/aromatic N) is 2. The fourth-order valence-corrected chi connectivity index (χ4v) is 8.95. The number of amides is 1. The Bertz CT molecular complexity index is 1580. The van der Waals surface area contributed by atoms with Crippen molar-refractivity contribution in [2.45, 2.75) is 74.4 Å². The molecule has 2 atom stereocenters. The van der Waals surface area contributed by atoms with Crippen LogP contribution >= 0.6 is 23.2 Å². The molecule has 1 fully saturated rings. The molecule has 10 heteroatoms. The first-order valence-electron chi connectivity index (χ1n) is 15.7. The minimum Gasteiger partial charge on any atom is -0.367 e. The molecule has 0 spiro atoms. The van der Waals surface area contributed by atoms with Crippen molar-refractivity contribution in [1.29, 1.82) is 0 Å². The van der Waals surface area contributed by atoms with Gasteiger partial charge in [-0.05, 0) is 107 Å². The largest absolute Gasteiger partial charge is 0.367 e. The quantitative estimate of drug-likeness (QED) is 0.236. The van der Waals surface area contributed by atoms with E-state index in [1.54, 1.807) is 13.0 Å². The number of sulfonamides is 1. The number of para-hydroxylation sites is 1. The van der Waals surface area contributed by atoms with E-state index in [1.807, 2.05) is 18.2 Å². The number of nitrogens with one attached hydrogen (secondary N) is 1. The van der Waals surface area contributed by atoms with Gasteiger partial charge in [0.25, 0.3) is 10.0 Å². The Kier molecular flexibility index (Phi) is 10.8. The molecular weight excluding hydrogens is 629 g/mol. The first kappa shape index (κ1) is 33.7. The van der Waals surface area contributed by atoms with Crippen molar-refractivity contribution in [2.75, 3.05) is 31.6 Å². The van der Waals surface area contributed by atoms with Gasteiger partial charge >= 0.3 is 0 Å². The lowest BCUT2D eigenvalue weighted by Crippen LogP contribution is -2.47. The van der Waals surface area contributed by atoms with E-state index < -0.39 is 22.2 Å². The normalized spacial score (nSPS) is 22.6. The average Bonchev–Trinajstić information content (AvgIpc) is 3.05. The summed E-state index contributed by atoms with van der Waals surface area (Å²) in [4.78, 5) is 15.4. The van der Waals surface area contributed by atoms with Crippen molar-refractivity contribution in [3.05, 3.63) is 94.0 Å². The summed E-state index contributed by atoms with van der Waals surface area (Å²) in [5, 5.41) is 3.51. The van der Waals surface area contributed by atoms with Crippen LogP contribution in [0.4, 0.5) is 5.69 Å². The first-order valence-corrected chi connectivity index (χ1v) is 17.9. The summed E-state index contributed by atoms with van der Waals surface area (Å²) < 4.78 is 35.3. The number of hydrogen-bond acceptors (Lipinski definition) is 5. The molecule has 0 saturated heterocycles. The Morgan fingerprint density at radius 3 is 2.38 bits per heavy atom. The van der Waals surface area contributed by atoms with Gasteiger partial charge in [-0.3, -0.25) is 14.0 Å². The van der Waals surface area contributed by atoms with Gasteiger partial charge in [0.2, 0.25) is 5.91 Å². The Labute approximate surface area is 277 Å². The van der Waals surface area contributed by atoms with E-state index in [0.29, 0.717) is 31.0 Å². The van der Waals surface area contributed by atoms with Gasteiger partial charge in [0.05, 0.1) is 33.3 Å². The van der Waals surface area contributed by atoms with Gasteiger partial charge in [-0.2, -0.15) is 0 Å². The number of benzene rings is 3. The number of halogens is 2. The molecule has 1 aliphatic carbocycles. The number of ether oxygens (including phenoxy) is 1. The number of rotatable bonds is 11. The molecule has 1 amide bonds. The number of aryl methyl sites for hydroxylation is 1. The summed E-state index contributed by atoms with van der Waals surface area (Å²) in [7, 11) is 0.356. The molecule has 0 aromatic heterocycles. The van der Waals surface area contributed by atoms with Crippen molar-refractivity contribution in [3.63, 3.8) is 0 Å².